The molecule has 0 saturated carbocycles. The van der Waals surface area contributed by atoms with E-state index in [0.29, 0.717) is 0 Å². The quantitative estimate of drug-likeness (QED) is 0.838. The van der Waals surface area contributed by atoms with Gasteiger partial charge in [-0.1, -0.05) is 18.2 Å². The minimum absolute atomic E-state index is 0.104. The van der Waals surface area contributed by atoms with Crippen molar-refractivity contribution in [1.29, 1.82) is 0 Å². The maximum Gasteiger partial charge on any atom is 0.0308 e. The Bertz CT molecular complexity index is 451. The average molecular weight is 244 g/mol. The van der Waals surface area contributed by atoms with Crippen molar-refractivity contribution >= 4 is 11.8 Å². The van der Waals surface area contributed by atoms with Crippen molar-refractivity contribution in [3.8, 4) is 0 Å². The van der Waals surface area contributed by atoms with E-state index in [2.05, 4.69) is 35.3 Å². The molecule has 0 radical (unpaired) electrons. The van der Waals surface area contributed by atoms with Crippen molar-refractivity contribution in [2.24, 2.45) is 5.73 Å². The lowest BCUT2D eigenvalue weighted by Gasteiger charge is -2.06. The lowest BCUT2D eigenvalue weighted by atomic mass is 10.1. The van der Waals surface area contributed by atoms with E-state index in [1.165, 1.54) is 16.0 Å². The van der Waals surface area contributed by atoms with E-state index in [9.17, 15) is 0 Å². The third-order valence-electron chi connectivity index (χ3n) is 2.53. The van der Waals surface area contributed by atoms with Gasteiger partial charge in [0.2, 0.25) is 0 Å². The van der Waals surface area contributed by atoms with Crippen LogP contribution in [0.25, 0.3) is 0 Å². The fourth-order valence-electron chi connectivity index (χ4n) is 1.52. The van der Waals surface area contributed by atoms with Crippen molar-refractivity contribution in [2.75, 3.05) is 0 Å². The fourth-order valence-corrected chi connectivity index (χ4v) is 2.35. The summed E-state index contributed by atoms with van der Waals surface area (Å²) in [4.78, 5) is 5.37. The molecular weight excluding hydrogens is 228 g/mol. The monoisotopic (exact) mass is 244 g/mol. The van der Waals surface area contributed by atoms with Crippen molar-refractivity contribution in [1.82, 2.24) is 4.98 Å². The second-order valence-electron chi connectivity index (χ2n) is 4.01. The first-order valence-corrected chi connectivity index (χ1v) is 6.61. The standard InChI is InChI=1S/C14H16N2S/c1-11(15)13-4-6-14(7-5-13)17-10-12-3-2-8-16-9-12/h2-9,11H,10,15H2,1H3. The predicted octanol–water partition coefficient (Wildman–Crippen LogP) is 3.39. The van der Waals surface area contributed by atoms with Crippen molar-refractivity contribution in [3.63, 3.8) is 0 Å². The van der Waals surface area contributed by atoms with Gasteiger partial charge in [0.15, 0.2) is 0 Å². The second-order valence-corrected chi connectivity index (χ2v) is 5.06. The molecule has 0 aliphatic heterocycles. The van der Waals surface area contributed by atoms with E-state index < -0.39 is 0 Å². The Kier molecular flexibility index (Phi) is 4.18. The summed E-state index contributed by atoms with van der Waals surface area (Å²) in [5, 5.41) is 0. The summed E-state index contributed by atoms with van der Waals surface area (Å²) in [5.74, 6) is 0.950. The molecule has 2 rings (SSSR count). The molecule has 88 valence electrons. The van der Waals surface area contributed by atoms with Gasteiger partial charge in [-0.05, 0) is 36.2 Å². The molecule has 0 aliphatic rings. The summed E-state index contributed by atoms with van der Waals surface area (Å²) >= 11 is 1.81. The highest BCUT2D eigenvalue weighted by Gasteiger charge is 2.00. The van der Waals surface area contributed by atoms with Gasteiger partial charge >= 0.3 is 0 Å². The number of rotatable bonds is 4. The molecule has 3 heteroatoms. The van der Waals surface area contributed by atoms with E-state index in [-0.39, 0.29) is 6.04 Å². The third-order valence-corrected chi connectivity index (χ3v) is 3.62. The number of benzene rings is 1. The first kappa shape index (κ1) is 12.1. The molecule has 2 aromatic rings. The molecule has 1 unspecified atom stereocenters. The number of nitrogens with two attached hydrogens (primary N) is 1. The lowest BCUT2D eigenvalue weighted by molar-refractivity contribution is 0.817. The molecule has 0 saturated heterocycles. The Hall–Kier alpha value is -1.32. The Morgan fingerprint density at radius 1 is 1.24 bits per heavy atom. The van der Waals surface area contributed by atoms with Gasteiger partial charge in [-0.2, -0.15) is 0 Å². The molecule has 1 aromatic heterocycles. The molecule has 17 heavy (non-hydrogen) atoms. The molecule has 0 amide bonds. The number of hydrogen-bond acceptors (Lipinski definition) is 3. The number of aromatic nitrogens is 1. The number of hydrogen-bond donors (Lipinski definition) is 1. The van der Waals surface area contributed by atoms with Crippen LogP contribution in [0.15, 0.2) is 53.7 Å². The SMILES string of the molecule is CC(N)c1ccc(SCc2cccnc2)cc1. The Morgan fingerprint density at radius 2 is 2.00 bits per heavy atom. The maximum absolute atomic E-state index is 5.81. The van der Waals surface area contributed by atoms with Crippen molar-refractivity contribution in [3.05, 3.63) is 59.9 Å². The Labute approximate surface area is 106 Å². The van der Waals surface area contributed by atoms with Gasteiger partial charge in [0.1, 0.15) is 0 Å². The van der Waals surface area contributed by atoms with Gasteiger partial charge in [0.05, 0.1) is 0 Å². The highest BCUT2D eigenvalue weighted by atomic mass is 32.2. The minimum Gasteiger partial charge on any atom is -0.324 e. The molecule has 1 heterocycles. The van der Waals surface area contributed by atoms with Crippen LogP contribution in [0.1, 0.15) is 24.1 Å². The molecule has 0 bridgehead atoms. The molecule has 1 aromatic carbocycles. The number of thioether (sulfide) groups is 1. The molecule has 0 aliphatic carbocycles. The van der Waals surface area contributed by atoms with E-state index in [1.54, 1.807) is 6.20 Å². The highest BCUT2D eigenvalue weighted by molar-refractivity contribution is 7.98. The van der Waals surface area contributed by atoms with Gasteiger partial charge in [-0.3, -0.25) is 4.98 Å². The van der Waals surface area contributed by atoms with Crippen LogP contribution in [0.5, 0.6) is 0 Å². The Balaban J connectivity index is 1.96. The van der Waals surface area contributed by atoms with Crippen LogP contribution in [0.2, 0.25) is 0 Å². The summed E-state index contributed by atoms with van der Waals surface area (Å²) in [5.41, 5.74) is 8.23. The normalized spacial score (nSPS) is 12.4. The zero-order chi connectivity index (χ0) is 12.1. The van der Waals surface area contributed by atoms with Crippen molar-refractivity contribution in [2.45, 2.75) is 23.6 Å². The average Bonchev–Trinajstić information content (AvgIpc) is 2.38. The summed E-state index contributed by atoms with van der Waals surface area (Å²) < 4.78 is 0. The smallest absolute Gasteiger partial charge is 0.0308 e. The zero-order valence-electron chi connectivity index (χ0n) is 9.84. The van der Waals surface area contributed by atoms with Gasteiger partial charge in [0.25, 0.3) is 0 Å². The van der Waals surface area contributed by atoms with Crippen LogP contribution in [-0.2, 0) is 5.75 Å². The Morgan fingerprint density at radius 3 is 2.59 bits per heavy atom. The first-order valence-electron chi connectivity index (χ1n) is 5.63. The molecular formula is C14H16N2S. The summed E-state index contributed by atoms with van der Waals surface area (Å²) in [7, 11) is 0. The van der Waals surface area contributed by atoms with Gasteiger partial charge in [-0.25, -0.2) is 0 Å². The minimum atomic E-state index is 0.104. The maximum atomic E-state index is 5.81. The fraction of sp³-hybridized carbons (Fsp3) is 0.214. The van der Waals surface area contributed by atoms with Gasteiger partial charge in [0, 0.05) is 29.1 Å². The topological polar surface area (TPSA) is 38.9 Å². The van der Waals surface area contributed by atoms with Crippen LogP contribution in [0.4, 0.5) is 0 Å². The molecule has 2 N–H and O–H groups in total. The van der Waals surface area contributed by atoms with E-state index in [0.717, 1.165) is 5.75 Å². The van der Waals surface area contributed by atoms with E-state index in [1.807, 2.05) is 30.9 Å². The highest BCUT2D eigenvalue weighted by Crippen LogP contribution is 2.23. The van der Waals surface area contributed by atoms with Crippen LogP contribution in [0, 0.1) is 0 Å². The molecule has 0 fully saturated rings. The molecule has 0 spiro atoms. The zero-order valence-corrected chi connectivity index (χ0v) is 10.7. The lowest BCUT2D eigenvalue weighted by Crippen LogP contribution is -2.04. The largest absolute Gasteiger partial charge is 0.324 e. The number of nitrogens with zero attached hydrogens (tertiary/aromatic N) is 1. The van der Waals surface area contributed by atoms with E-state index >= 15 is 0 Å². The summed E-state index contributed by atoms with van der Waals surface area (Å²) in [6, 6.07) is 12.6. The summed E-state index contributed by atoms with van der Waals surface area (Å²) in [6.45, 7) is 2.00. The molecule has 1 atom stereocenters. The van der Waals surface area contributed by atoms with Crippen LogP contribution in [-0.4, -0.2) is 4.98 Å². The third kappa shape index (κ3) is 3.58. The van der Waals surface area contributed by atoms with Gasteiger partial charge < -0.3 is 5.73 Å². The van der Waals surface area contributed by atoms with Crippen molar-refractivity contribution < 1.29 is 0 Å². The first-order chi connectivity index (χ1) is 8.25. The van der Waals surface area contributed by atoms with Crippen LogP contribution in [0.3, 0.4) is 0 Å². The van der Waals surface area contributed by atoms with Crippen LogP contribution < -0.4 is 5.73 Å². The van der Waals surface area contributed by atoms with Crippen LogP contribution >= 0.6 is 11.8 Å². The van der Waals surface area contributed by atoms with Gasteiger partial charge in [-0.15, -0.1) is 11.8 Å². The summed E-state index contributed by atoms with van der Waals surface area (Å²) in [6.07, 6.45) is 3.70. The number of pyridine rings is 1. The molecule has 2 nitrogen and oxygen atoms in total. The predicted molar refractivity (Wildman–Crippen MR) is 72.8 cm³/mol. The second kappa shape index (κ2) is 5.84. The van der Waals surface area contributed by atoms with E-state index in [4.69, 9.17) is 5.73 Å².